The number of nitrogens with zero attached hydrogens (tertiary/aromatic N) is 4. The molecule has 31 heavy (non-hydrogen) atoms. The zero-order valence-electron chi connectivity index (χ0n) is 18.3. The van der Waals surface area contributed by atoms with Gasteiger partial charge >= 0.3 is 0 Å². The fourth-order valence-corrected chi connectivity index (χ4v) is 4.14. The summed E-state index contributed by atoms with van der Waals surface area (Å²) in [5, 5.41) is 0.480. The molecule has 1 aliphatic rings. The van der Waals surface area contributed by atoms with Crippen LogP contribution in [0.25, 0.3) is 10.9 Å². The van der Waals surface area contributed by atoms with Gasteiger partial charge < -0.3 is 19.5 Å². The molecule has 1 aromatic carbocycles. The number of hydrogen-bond donors (Lipinski definition) is 1. The minimum atomic E-state index is -0.180. The summed E-state index contributed by atoms with van der Waals surface area (Å²) in [6.07, 6.45) is 3.11. The zero-order chi connectivity index (χ0) is 22.1. The van der Waals surface area contributed by atoms with Crippen LogP contribution >= 0.6 is 0 Å². The maximum Gasteiger partial charge on any atom is 0.259 e. The molecule has 1 fully saturated rings. The summed E-state index contributed by atoms with van der Waals surface area (Å²) in [7, 11) is 5.32. The number of pyridine rings is 1. The number of nitrogens with one attached hydrogen (secondary N) is 1. The van der Waals surface area contributed by atoms with Gasteiger partial charge in [0.25, 0.3) is 11.5 Å². The van der Waals surface area contributed by atoms with Gasteiger partial charge in [-0.25, -0.2) is 9.97 Å². The van der Waals surface area contributed by atoms with E-state index in [0.717, 1.165) is 24.1 Å². The van der Waals surface area contributed by atoms with E-state index in [0.29, 0.717) is 41.3 Å². The number of H-pyrrole nitrogens is 1. The molecule has 0 saturated carbocycles. The molecule has 1 saturated heterocycles. The molecular weight excluding hydrogens is 394 g/mol. The standard InChI is InChI=1S/C23H27N5O3/c1-14-6-5-7-16(20(14)31-4)22(30)28-10-8-15(9-11-28)18-12-19-17(21(29)25-18)13-24-23(26-19)27(2)3/h5-7,12-13,15H,8-11H2,1-4H3,(H,25,29). The van der Waals surface area contributed by atoms with Gasteiger partial charge in [-0.15, -0.1) is 0 Å². The summed E-state index contributed by atoms with van der Waals surface area (Å²) < 4.78 is 5.46. The predicted octanol–water partition coefficient (Wildman–Crippen LogP) is 2.72. The Morgan fingerprint density at radius 2 is 2.00 bits per heavy atom. The van der Waals surface area contributed by atoms with Crippen LogP contribution in [-0.2, 0) is 0 Å². The Morgan fingerprint density at radius 3 is 2.68 bits per heavy atom. The molecule has 2 aromatic heterocycles. The van der Waals surface area contributed by atoms with Crippen molar-refractivity contribution in [1.29, 1.82) is 0 Å². The molecule has 0 aliphatic carbocycles. The first-order valence-corrected chi connectivity index (χ1v) is 10.4. The van der Waals surface area contributed by atoms with Crippen LogP contribution in [0.5, 0.6) is 5.75 Å². The van der Waals surface area contributed by atoms with Crippen molar-refractivity contribution in [1.82, 2.24) is 19.9 Å². The maximum atomic E-state index is 13.1. The summed E-state index contributed by atoms with van der Waals surface area (Å²) in [6.45, 7) is 3.17. The number of aromatic nitrogens is 3. The molecule has 1 N–H and O–H groups in total. The summed E-state index contributed by atoms with van der Waals surface area (Å²) in [4.78, 5) is 41.0. The molecule has 0 atom stereocenters. The van der Waals surface area contributed by atoms with Crippen LogP contribution in [0, 0.1) is 6.92 Å². The van der Waals surface area contributed by atoms with E-state index in [2.05, 4.69) is 15.0 Å². The number of hydrogen-bond acceptors (Lipinski definition) is 6. The lowest BCUT2D eigenvalue weighted by atomic mass is 9.92. The van der Waals surface area contributed by atoms with Crippen LogP contribution in [0.1, 0.15) is 40.4 Å². The number of anilines is 1. The first-order valence-electron chi connectivity index (χ1n) is 10.4. The van der Waals surface area contributed by atoms with Gasteiger partial charge in [-0.2, -0.15) is 0 Å². The van der Waals surface area contributed by atoms with Crippen molar-refractivity contribution in [3.05, 3.63) is 57.6 Å². The Kier molecular flexibility index (Phi) is 5.63. The largest absolute Gasteiger partial charge is 0.496 e. The van der Waals surface area contributed by atoms with Crippen LogP contribution < -0.4 is 15.2 Å². The maximum absolute atomic E-state index is 13.1. The van der Waals surface area contributed by atoms with E-state index in [4.69, 9.17) is 4.74 Å². The highest BCUT2D eigenvalue weighted by molar-refractivity contribution is 5.97. The smallest absolute Gasteiger partial charge is 0.259 e. The molecule has 0 unspecified atom stereocenters. The molecule has 162 valence electrons. The van der Waals surface area contributed by atoms with Crippen molar-refractivity contribution in [3.8, 4) is 5.75 Å². The van der Waals surface area contributed by atoms with Crippen molar-refractivity contribution in [2.24, 2.45) is 0 Å². The summed E-state index contributed by atoms with van der Waals surface area (Å²) in [5.74, 6) is 1.34. The third-order valence-corrected chi connectivity index (χ3v) is 5.87. The number of carbonyl (C=O) groups excluding carboxylic acids is 1. The lowest BCUT2D eigenvalue weighted by Crippen LogP contribution is -2.38. The Labute approximate surface area is 180 Å². The van der Waals surface area contributed by atoms with Crippen LogP contribution in [0.2, 0.25) is 0 Å². The van der Waals surface area contributed by atoms with Crippen LogP contribution in [-0.4, -0.2) is 60.1 Å². The van der Waals surface area contributed by atoms with E-state index in [-0.39, 0.29) is 17.4 Å². The highest BCUT2D eigenvalue weighted by Crippen LogP contribution is 2.30. The number of aromatic amines is 1. The van der Waals surface area contributed by atoms with E-state index in [1.54, 1.807) is 13.3 Å². The number of ether oxygens (including phenoxy) is 1. The number of aryl methyl sites for hydroxylation is 1. The number of fused-ring (bicyclic) bond motifs is 1. The minimum absolute atomic E-state index is 0.0191. The Bertz CT molecular complexity index is 1180. The van der Waals surface area contributed by atoms with E-state index in [1.807, 2.05) is 55.1 Å². The highest BCUT2D eigenvalue weighted by atomic mass is 16.5. The number of para-hydroxylation sites is 1. The van der Waals surface area contributed by atoms with Gasteiger partial charge in [0.2, 0.25) is 5.95 Å². The van der Waals surface area contributed by atoms with Crippen LogP contribution in [0.15, 0.2) is 35.3 Å². The number of piperidine rings is 1. The molecule has 0 bridgehead atoms. The normalized spacial score (nSPS) is 14.6. The first-order chi connectivity index (χ1) is 14.9. The number of carbonyl (C=O) groups is 1. The average Bonchev–Trinajstić information content (AvgIpc) is 2.78. The van der Waals surface area contributed by atoms with E-state index >= 15 is 0 Å². The van der Waals surface area contributed by atoms with Crippen molar-refractivity contribution >= 4 is 22.8 Å². The fraction of sp³-hybridized carbons (Fsp3) is 0.391. The molecule has 1 aliphatic heterocycles. The fourth-order valence-electron chi connectivity index (χ4n) is 4.14. The second kappa shape index (κ2) is 8.37. The molecule has 0 radical (unpaired) electrons. The number of amides is 1. The topological polar surface area (TPSA) is 91.4 Å². The van der Waals surface area contributed by atoms with Gasteiger partial charge in [0.05, 0.1) is 23.6 Å². The minimum Gasteiger partial charge on any atom is -0.496 e. The van der Waals surface area contributed by atoms with E-state index in [1.165, 1.54) is 0 Å². The van der Waals surface area contributed by atoms with Crippen molar-refractivity contribution in [2.75, 3.05) is 39.2 Å². The summed E-state index contributed by atoms with van der Waals surface area (Å²) >= 11 is 0. The Hall–Kier alpha value is -3.42. The summed E-state index contributed by atoms with van der Waals surface area (Å²) in [6, 6.07) is 7.56. The second-order valence-electron chi connectivity index (χ2n) is 8.14. The molecule has 1 amide bonds. The molecule has 4 rings (SSSR count). The number of rotatable bonds is 4. The van der Waals surface area contributed by atoms with Crippen molar-refractivity contribution in [3.63, 3.8) is 0 Å². The monoisotopic (exact) mass is 421 g/mol. The van der Waals surface area contributed by atoms with Gasteiger partial charge in [0.15, 0.2) is 0 Å². The predicted molar refractivity (Wildman–Crippen MR) is 120 cm³/mol. The number of benzene rings is 1. The van der Waals surface area contributed by atoms with Crippen LogP contribution in [0.3, 0.4) is 0 Å². The Morgan fingerprint density at radius 1 is 1.26 bits per heavy atom. The average molecular weight is 422 g/mol. The third-order valence-electron chi connectivity index (χ3n) is 5.87. The lowest BCUT2D eigenvalue weighted by molar-refractivity contribution is 0.0708. The Balaban J connectivity index is 1.54. The van der Waals surface area contributed by atoms with E-state index < -0.39 is 0 Å². The number of methoxy groups -OCH3 is 1. The molecule has 3 aromatic rings. The first kappa shape index (κ1) is 20.8. The van der Waals surface area contributed by atoms with Gasteiger partial charge in [0, 0.05) is 45.0 Å². The van der Waals surface area contributed by atoms with Crippen molar-refractivity contribution in [2.45, 2.75) is 25.7 Å². The van der Waals surface area contributed by atoms with Gasteiger partial charge in [0.1, 0.15) is 5.75 Å². The van der Waals surface area contributed by atoms with Crippen molar-refractivity contribution < 1.29 is 9.53 Å². The SMILES string of the molecule is COc1c(C)cccc1C(=O)N1CCC(c2cc3nc(N(C)C)ncc3c(=O)[nH]2)CC1. The third kappa shape index (κ3) is 3.97. The molecular formula is C23H27N5O3. The van der Waals surface area contributed by atoms with Crippen LogP contribution in [0.4, 0.5) is 5.95 Å². The number of likely N-dealkylation sites (tertiary alicyclic amines) is 1. The van der Waals surface area contributed by atoms with Gasteiger partial charge in [-0.1, -0.05) is 12.1 Å². The molecule has 3 heterocycles. The van der Waals surface area contributed by atoms with E-state index in [9.17, 15) is 9.59 Å². The van der Waals surface area contributed by atoms with Gasteiger partial charge in [-0.3, -0.25) is 9.59 Å². The molecule has 8 heteroatoms. The lowest BCUT2D eigenvalue weighted by Gasteiger charge is -2.32. The molecule has 0 spiro atoms. The summed E-state index contributed by atoms with van der Waals surface area (Å²) in [5.41, 5.74) is 2.85. The molecule has 8 nitrogen and oxygen atoms in total. The quantitative estimate of drug-likeness (QED) is 0.697. The zero-order valence-corrected chi connectivity index (χ0v) is 18.3. The highest BCUT2D eigenvalue weighted by Gasteiger charge is 2.27. The second-order valence-corrected chi connectivity index (χ2v) is 8.14. The van der Waals surface area contributed by atoms with Gasteiger partial charge in [-0.05, 0) is 37.5 Å².